The molecule has 0 aliphatic heterocycles. The van der Waals surface area contributed by atoms with Gasteiger partial charge in [-0.2, -0.15) is 0 Å². The first kappa shape index (κ1) is 17.9. The minimum Gasteiger partial charge on any atom is -0.347 e. The Morgan fingerprint density at radius 2 is 1.89 bits per heavy atom. The highest BCUT2D eigenvalue weighted by molar-refractivity contribution is 9.10. The van der Waals surface area contributed by atoms with Gasteiger partial charge >= 0.3 is 0 Å². The van der Waals surface area contributed by atoms with Gasteiger partial charge in [-0.1, -0.05) is 29.8 Å². The summed E-state index contributed by atoms with van der Waals surface area (Å²) in [5.41, 5.74) is 5.16. The number of rotatable bonds is 5. The van der Waals surface area contributed by atoms with Crippen molar-refractivity contribution in [3.8, 4) is 0 Å². The Morgan fingerprint density at radius 1 is 1.15 bits per heavy atom. The first-order valence-corrected chi connectivity index (χ1v) is 10.3. The van der Waals surface area contributed by atoms with E-state index in [4.69, 9.17) is 0 Å². The van der Waals surface area contributed by atoms with Crippen molar-refractivity contribution in [3.05, 3.63) is 87.1 Å². The van der Waals surface area contributed by atoms with Crippen molar-refractivity contribution in [2.45, 2.75) is 20.0 Å². The number of carbonyl (C=O) groups is 1. The molecule has 0 radical (unpaired) electrons. The lowest BCUT2D eigenvalue weighted by Crippen LogP contribution is -2.25. The lowest BCUT2D eigenvalue weighted by atomic mass is 10.1. The summed E-state index contributed by atoms with van der Waals surface area (Å²) < 4.78 is 4.20. The van der Waals surface area contributed by atoms with E-state index in [9.17, 15) is 4.79 Å². The highest BCUT2D eigenvalue weighted by Gasteiger charge is 2.19. The van der Waals surface area contributed by atoms with Crippen LogP contribution in [-0.4, -0.2) is 15.5 Å². The zero-order valence-electron chi connectivity index (χ0n) is 14.8. The van der Waals surface area contributed by atoms with E-state index < -0.39 is 0 Å². The number of amides is 1. The van der Waals surface area contributed by atoms with Crippen molar-refractivity contribution in [1.29, 1.82) is 0 Å². The summed E-state index contributed by atoms with van der Waals surface area (Å²) in [4.78, 5) is 16.9. The fourth-order valence-electron chi connectivity index (χ4n) is 3.03. The highest BCUT2D eigenvalue weighted by atomic mass is 79.9. The van der Waals surface area contributed by atoms with Gasteiger partial charge in [-0.3, -0.25) is 9.78 Å². The molecule has 0 unspecified atom stereocenters. The summed E-state index contributed by atoms with van der Waals surface area (Å²) in [6, 6.07) is 14.2. The van der Waals surface area contributed by atoms with Gasteiger partial charge in [0.1, 0.15) is 5.69 Å². The SMILES string of the molecule is Cc1ccc(Cn2c(C(=O)NCc3ccncc3)cc3scc(Br)c32)cc1. The maximum Gasteiger partial charge on any atom is 0.268 e. The summed E-state index contributed by atoms with van der Waals surface area (Å²) >= 11 is 5.27. The molecule has 27 heavy (non-hydrogen) atoms. The number of benzene rings is 1. The van der Waals surface area contributed by atoms with Gasteiger partial charge in [0.2, 0.25) is 0 Å². The van der Waals surface area contributed by atoms with E-state index in [1.165, 1.54) is 11.1 Å². The van der Waals surface area contributed by atoms with E-state index in [0.717, 1.165) is 20.3 Å². The standard InChI is InChI=1S/C21H18BrN3OS/c1-14-2-4-16(5-3-14)12-25-18(10-19-20(25)17(22)13-27-19)21(26)24-11-15-6-8-23-9-7-15/h2-10,13H,11-12H2,1H3,(H,24,26). The number of nitrogens with zero attached hydrogens (tertiary/aromatic N) is 2. The number of thiophene rings is 1. The molecule has 6 heteroatoms. The van der Waals surface area contributed by atoms with Crippen molar-refractivity contribution in [3.63, 3.8) is 0 Å². The van der Waals surface area contributed by atoms with Crippen LogP contribution in [0, 0.1) is 6.92 Å². The quantitative estimate of drug-likeness (QED) is 0.467. The fraction of sp³-hybridized carbons (Fsp3) is 0.143. The molecule has 4 rings (SSSR count). The van der Waals surface area contributed by atoms with Crippen molar-refractivity contribution in [1.82, 2.24) is 14.9 Å². The molecule has 1 N–H and O–H groups in total. The molecule has 0 atom stereocenters. The zero-order chi connectivity index (χ0) is 18.8. The second-order valence-corrected chi connectivity index (χ2v) is 8.20. The minimum absolute atomic E-state index is 0.0748. The molecule has 0 aliphatic rings. The largest absolute Gasteiger partial charge is 0.347 e. The van der Waals surface area contributed by atoms with Crippen LogP contribution in [0.5, 0.6) is 0 Å². The van der Waals surface area contributed by atoms with Crippen molar-refractivity contribution >= 4 is 43.4 Å². The maximum absolute atomic E-state index is 12.9. The monoisotopic (exact) mass is 439 g/mol. The second kappa shape index (κ2) is 7.66. The van der Waals surface area contributed by atoms with Crippen molar-refractivity contribution in [2.75, 3.05) is 0 Å². The van der Waals surface area contributed by atoms with Crippen LogP contribution in [0.15, 0.2) is 64.7 Å². The maximum atomic E-state index is 12.9. The predicted octanol–water partition coefficient (Wildman–Crippen LogP) is 5.15. The minimum atomic E-state index is -0.0748. The zero-order valence-corrected chi connectivity index (χ0v) is 17.2. The van der Waals surface area contributed by atoms with Gasteiger partial charge in [-0.15, -0.1) is 11.3 Å². The lowest BCUT2D eigenvalue weighted by Gasteiger charge is -2.12. The molecule has 0 fully saturated rings. The van der Waals surface area contributed by atoms with Crippen molar-refractivity contribution in [2.24, 2.45) is 0 Å². The number of hydrogen-bond donors (Lipinski definition) is 1. The van der Waals surface area contributed by atoms with Gasteiger partial charge in [-0.05, 0) is 52.2 Å². The van der Waals surface area contributed by atoms with Crippen molar-refractivity contribution < 1.29 is 4.79 Å². The highest BCUT2D eigenvalue weighted by Crippen LogP contribution is 2.33. The van der Waals surface area contributed by atoms with Gasteiger partial charge in [0.25, 0.3) is 5.91 Å². The van der Waals surface area contributed by atoms with Crippen LogP contribution in [0.1, 0.15) is 27.2 Å². The van der Waals surface area contributed by atoms with E-state index in [0.29, 0.717) is 18.8 Å². The lowest BCUT2D eigenvalue weighted by molar-refractivity contribution is 0.0942. The Morgan fingerprint density at radius 3 is 2.63 bits per heavy atom. The molecule has 0 bridgehead atoms. The van der Waals surface area contributed by atoms with Crippen LogP contribution < -0.4 is 5.32 Å². The molecule has 0 aliphatic carbocycles. The molecular weight excluding hydrogens is 422 g/mol. The third-order valence-corrected chi connectivity index (χ3v) is 6.30. The number of carbonyl (C=O) groups excluding carboxylic acids is 1. The Kier molecular flexibility index (Phi) is 5.09. The molecule has 1 amide bonds. The Labute approximate surface area is 170 Å². The van der Waals surface area contributed by atoms with Crippen LogP contribution in [0.3, 0.4) is 0 Å². The van der Waals surface area contributed by atoms with Gasteiger partial charge in [0, 0.05) is 30.9 Å². The molecule has 1 aromatic carbocycles. The molecule has 3 heterocycles. The van der Waals surface area contributed by atoms with Gasteiger partial charge in [0.05, 0.1) is 14.7 Å². The normalized spacial score (nSPS) is 11.0. The van der Waals surface area contributed by atoms with E-state index in [1.807, 2.05) is 18.2 Å². The number of aromatic nitrogens is 2. The molecule has 0 saturated carbocycles. The van der Waals surface area contributed by atoms with Gasteiger partial charge in [-0.25, -0.2) is 0 Å². The smallest absolute Gasteiger partial charge is 0.268 e. The molecule has 0 saturated heterocycles. The molecule has 4 nitrogen and oxygen atoms in total. The van der Waals surface area contributed by atoms with E-state index in [2.05, 4.69) is 67.4 Å². The predicted molar refractivity (Wildman–Crippen MR) is 113 cm³/mol. The third kappa shape index (κ3) is 3.82. The number of aryl methyl sites for hydroxylation is 1. The average molecular weight is 440 g/mol. The number of fused-ring (bicyclic) bond motifs is 1. The second-order valence-electron chi connectivity index (χ2n) is 6.44. The van der Waals surface area contributed by atoms with E-state index in [-0.39, 0.29) is 5.91 Å². The Balaban J connectivity index is 1.65. The molecular formula is C21H18BrN3OS. The van der Waals surface area contributed by atoms with E-state index >= 15 is 0 Å². The van der Waals surface area contributed by atoms with Gasteiger partial charge < -0.3 is 9.88 Å². The topological polar surface area (TPSA) is 46.9 Å². The molecule has 0 spiro atoms. The van der Waals surface area contributed by atoms with Crippen LogP contribution >= 0.6 is 27.3 Å². The van der Waals surface area contributed by atoms with Gasteiger partial charge in [0.15, 0.2) is 0 Å². The Hall–Kier alpha value is -2.44. The summed E-state index contributed by atoms with van der Waals surface area (Å²) in [6.45, 7) is 3.20. The average Bonchev–Trinajstić information content (AvgIpc) is 3.23. The molecule has 4 aromatic rings. The van der Waals surface area contributed by atoms with Crippen LogP contribution in [0.4, 0.5) is 0 Å². The molecule has 3 aromatic heterocycles. The third-order valence-electron chi connectivity index (χ3n) is 4.47. The van der Waals surface area contributed by atoms with Crippen LogP contribution in [-0.2, 0) is 13.1 Å². The number of nitrogens with one attached hydrogen (secondary N) is 1. The summed E-state index contributed by atoms with van der Waals surface area (Å²) in [5, 5.41) is 5.09. The van der Waals surface area contributed by atoms with Crippen LogP contribution in [0.2, 0.25) is 0 Å². The van der Waals surface area contributed by atoms with E-state index in [1.54, 1.807) is 23.7 Å². The fourth-order valence-corrected chi connectivity index (χ4v) is 4.73. The summed E-state index contributed by atoms with van der Waals surface area (Å²) in [5.74, 6) is -0.0748. The summed E-state index contributed by atoms with van der Waals surface area (Å²) in [6.07, 6.45) is 3.46. The molecule has 136 valence electrons. The number of pyridine rings is 1. The number of halogens is 1. The first-order chi connectivity index (χ1) is 13.1. The van der Waals surface area contributed by atoms with Crippen LogP contribution in [0.25, 0.3) is 10.2 Å². The Bertz CT molecular complexity index is 1080. The summed E-state index contributed by atoms with van der Waals surface area (Å²) in [7, 11) is 0. The first-order valence-electron chi connectivity index (χ1n) is 8.60. The number of hydrogen-bond acceptors (Lipinski definition) is 3.